The van der Waals surface area contributed by atoms with Crippen molar-refractivity contribution in [1.82, 2.24) is 4.90 Å². The standard InChI is InChI=1S/C28H28N2O4/c1-33-21-13-9-19(10-14-21)26-25(28(32)29-17-5-6-18-29)23-7-3-4-8-24(23)27(31)30(26)20-11-15-22(34-2)16-12-20/h3-4,7-16,25-26H,5-6,17-18H2,1-2H3. The number of nitrogens with zero attached hydrogens (tertiary/aromatic N) is 2. The summed E-state index contributed by atoms with van der Waals surface area (Å²) in [4.78, 5) is 31.6. The Morgan fingerprint density at radius 3 is 2.03 bits per heavy atom. The summed E-state index contributed by atoms with van der Waals surface area (Å²) in [6.45, 7) is 1.51. The second-order valence-corrected chi connectivity index (χ2v) is 8.69. The van der Waals surface area contributed by atoms with E-state index in [1.54, 1.807) is 19.1 Å². The van der Waals surface area contributed by atoms with Gasteiger partial charge >= 0.3 is 0 Å². The number of amides is 2. The molecule has 3 aromatic carbocycles. The lowest BCUT2D eigenvalue weighted by Crippen LogP contribution is -2.48. The predicted octanol–water partition coefficient (Wildman–Crippen LogP) is 4.81. The Bertz CT molecular complexity index is 1180. The summed E-state index contributed by atoms with van der Waals surface area (Å²) in [6.07, 6.45) is 2.02. The Morgan fingerprint density at radius 1 is 0.824 bits per heavy atom. The third-order valence-electron chi connectivity index (χ3n) is 6.83. The van der Waals surface area contributed by atoms with Gasteiger partial charge in [0.1, 0.15) is 11.5 Å². The van der Waals surface area contributed by atoms with Crippen LogP contribution in [0.5, 0.6) is 11.5 Å². The van der Waals surface area contributed by atoms with Crippen LogP contribution in [0.15, 0.2) is 72.8 Å². The Balaban J connectivity index is 1.70. The van der Waals surface area contributed by atoms with E-state index >= 15 is 0 Å². The molecule has 0 bridgehead atoms. The Morgan fingerprint density at radius 2 is 1.41 bits per heavy atom. The van der Waals surface area contributed by atoms with Crippen LogP contribution in [0.3, 0.4) is 0 Å². The van der Waals surface area contributed by atoms with Gasteiger partial charge in [0, 0.05) is 24.3 Å². The molecule has 6 heteroatoms. The number of anilines is 1. The first-order chi connectivity index (χ1) is 16.6. The van der Waals surface area contributed by atoms with Gasteiger partial charge in [-0.15, -0.1) is 0 Å². The van der Waals surface area contributed by atoms with Gasteiger partial charge in [0.15, 0.2) is 0 Å². The van der Waals surface area contributed by atoms with Gasteiger partial charge in [0.2, 0.25) is 5.91 Å². The molecule has 2 atom stereocenters. The van der Waals surface area contributed by atoms with Crippen molar-refractivity contribution in [1.29, 1.82) is 0 Å². The molecule has 174 valence electrons. The molecule has 2 aliphatic heterocycles. The van der Waals surface area contributed by atoms with Gasteiger partial charge in [-0.05, 0) is 66.4 Å². The molecule has 2 unspecified atom stereocenters. The fourth-order valence-corrected chi connectivity index (χ4v) is 5.10. The highest BCUT2D eigenvalue weighted by Crippen LogP contribution is 2.46. The third-order valence-corrected chi connectivity index (χ3v) is 6.83. The highest BCUT2D eigenvalue weighted by Gasteiger charge is 2.46. The lowest BCUT2D eigenvalue weighted by atomic mass is 9.78. The molecule has 2 amide bonds. The quantitative estimate of drug-likeness (QED) is 0.553. The summed E-state index contributed by atoms with van der Waals surface area (Å²) in [5, 5.41) is 0. The number of benzene rings is 3. The maximum Gasteiger partial charge on any atom is 0.259 e. The van der Waals surface area contributed by atoms with Crippen LogP contribution in [-0.2, 0) is 4.79 Å². The maximum absolute atomic E-state index is 14.0. The van der Waals surface area contributed by atoms with Crippen molar-refractivity contribution in [3.8, 4) is 11.5 Å². The molecule has 2 heterocycles. The molecule has 0 aromatic heterocycles. The first-order valence-electron chi connectivity index (χ1n) is 11.6. The van der Waals surface area contributed by atoms with E-state index in [0.717, 1.165) is 48.5 Å². The normalized spacial score (nSPS) is 19.6. The van der Waals surface area contributed by atoms with Crippen LogP contribution < -0.4 is 14.4 Å². The number of hydrogen-bond acceptors (Lipinski definition) is 4. The van der Waals surface area contributed by atoms with Gasteiger partial charge in [0.05, 0.1) is 26.2 Å². The molecule has 0 aliphatic carbocycles. The number of fused-ring (bicyclic) bond motifs is 1. The highest BCUT2D eigenvalue weighted by atomic mass is 16.5. The van der Waals surface area contributed by atoms with E-state index in [1.807, 2.05) is 77.7 Å². The summed E-state index contributed by atoms with van der Waals surface area (Å²) in [6, 6.07) is 22.1. The van der Waals surface area contributed by atoms with E-state index in [2.05, 4.69) is 0 Å². The minimum atomic E-state index is -0.512. The molecule has 6 nitrogen and oxygen atoms in total. The molecule has 1 fully saturated rings. The van der Waals surface area contributed by atoms with Gasteiger partial charge in [-0.25, -0.2) is 0 Å². The fraction of sp³-hybridized carbons (Fsp3) is 0.286. The molecule has 0 radical (unpaired) electrons. The van der Waals surface area contributed by atoms with Crippen molar-refractivity contribution in [3.63, 3.8) is 0 Å². The zero-order valence-electron chi connectivity index (χ0n) is 19.4. The smallest absolute Gasteiger partial charge is 0.259 e. The molecule has 3 aromatic rings. The fourth-order valence-electron chi connectivity index (χ4n) is 5.10. The summed E-state index contributed by atoms with van der Waals surface area (Å²) in [7, 11) is 3.24. The van der Waals surface area contributed by atoms with Crippen LogP contribution in [0.4, 0.5) is 5.69 Å². The summed E-state index contributed by atoms with van der Waals surface area (Å²) in [5.74, 6) is 0.871. The predicted molar refractivity (Wildman–Crippen MR) is 131 cm³/mol. The van der Waals surface area contributed by atoms with Crippen LogP contribution in [-0.4, -0.2) is 44.0 Å². The van der Waals surface area contributed by atoms with E-state index in [4.69, 9.17) is 9.47 Å². The first kappa shape index (κ1) is 22.0. The van der Waals surface area contributed by atoms with Crippen LogP contribution in [0.25, 0.3) is 0 Å². The van der Waals surface area contributed by atoms with Gasteiger partial charge in [0.25, 0.3) is 5.91 Å². The number of methoxy groups -OCH3 is 2. The van der Waals surface area contributed by atoms with Gasteiger partial charge in [-0.1, -0.05) is 30.3 Å². The molecule has 34 heavy (non-hydrogen) atoms. The zero-order chi connectivity index (χ0) is 23.7. The van der Waals surface area contributed by atoms with Crippen molar-refractivity contribution >= 4 is 17.5 Å². The van der Waals surface area contributed by atoms with Gasteiger partial charge in [-0.2, -0.15) is 0 Å². The van der Waals surface area contributed by atoms with Crippen molar-refractivity contribution < 1.29 is 19.1 Å². The monoisotopic (exact) mass is 456 g/mol. The summed E-state index contributed by atoms with van der Waals surface area (Å²) < 4.78 is 10.7. The molecule has 1 saturated heterocycles. The number of ether oxygens (including phenoxy) is 2. The molecule has 5 rings (SSSR count). The lowest BCUT2D eigenvalue weighted by molar-refractivity contribution is -0.132. The average Bonchev–Trinajstić information content (AvgIpc) is 3.44. The van der Waals surface area contributed by atoms with Crippen molar-refractivity contribution in [2.45, 2.75) is 24.8 Å². The van der Waals surface area contributed by atoms with Crippen LogP contribution in [0, 0.1) is 0 Å². The molecule has 0 saturated carbocycles. The van der Waals surface area contributed by atoms with E-state index in [-0.39, 0.29) is 11.8 Å². The van der Waals surface area contributed by atoms with Crippen LogP contribution in [0.2, 0.25) is 0 Å². The molecule has 0 spiro atoms. The Hall–Kier alpha value is -3.80. The highest BCUT2D eigenvalue weighted by molar-refractivity contribution is 6.11. The zero-order valence-corrected chi connectivity index (χ0v) is 19.4. The summed E-state index contributed by atoms with van der Waals surface area (Å²) >= 11 is 0. The van der Waals surface area contributed by atoms with Crippen molar-refractivity contribution in [2.24, 2.45) is 0 Å². The average molecular weight is 457 g/mol. The second-order valence-electron chi connectivity index (χ2n) is 8.69. The van der Waals surface area contributed by atoms with Gasteiger partial charge < -0.3 is 14.4 Å². The molecule has 0 N–H and O–H groups in total. The number of rotatable bonds is 5. The van der Waals surface area contributed by atoms with Crippen molar-refractivity contribution in [3.05, 3.63) is 89.5 Å². The topological polar surface area (TPSA) is 59.1 Å². The molecular weight excluding hydrogens is 428 g/mol. The van der Waals surface area contributed by atoms with E-state index in [0.29, 0.717) is 11.3 Å². The molecule has 2 aliphatic rings. The largest absolute Gasteiger partial charge is 0.497 e. The van der Waals surface area contributed by atoms with E-state index < -0.39 is 12.0 Å². The van der Waals surface area contributed by atoms with Crippen LogP contribution in [0.1, 0.15) is 46.3 Å². The number of hydrogen-bond donors (Lipinski definition) is 0. The van der Waals surface area contributed by atoms with Gasteiger partial charge in [-0.3, -0.25) is 14.5 Å². The number of carbonyl (C=O) groups excluding carboxylic acids is 2. The lowest BCUT2D eigenvalue weighted by Gasteiger charge is -2.43. The van der Waals surface area contributed by atoms with Crippen LogP contribution >= 0.6 is 0 Å². The maximum atomic E-state index is 14.0. The third kappa shape index (κ3) is 3.79. The second kappa shape index (κ2) is 9.21. The SMILES string of the molecule is COc1ccc(C2C(C(=O)N3CCCC3)c3ccccc3C(=O)N2c2ccc(OC)cc2)cc1. The number of likely N-dealkylation sites (tertiary alicyclic amines) is 1. The van der Waals surface area contributed by atoms with E-state index in [1.165, 1.54) is 0 Å². The van der Waals surface area contributed by atoms with E-state index in [9.17, 15) is 9.59 Å². The Labute approximate surface area is 199 Å². The Kier molecular flexibility index (Phi) is 5.97. The first-order valence-corrected chi connectivity index (χ1v) is 11.6. The summed E-state index contributed by atoms with van der Waals surface area (Å²) in [5.41, 5.74) is 2.97. The van der Waals surface area contributed by atoms with Crippen molar-refractivity contribution in [2.75, 3.05) is 32.2 Å². The minimum Gasteiger partial charge on any atom is -0.497 e. The molecular formula is C28H28N2O4. The number of carbonyl (C=O) groups is 2. The minimum absolute atomic E-state index is 0.0665.